The van der Waals surface area contributed by atoms with Crippen LogP contribution >= 0.6 is 0 Å². The Labute approximate surface area is 114 Å². The first-order chi connectivity index (χ1) is 9.19. The fourth-order valence-electron chi connectivity index (χ4n) is 2.19. The Kier molecular flexibility index (Phi) is 4.61. The number of rotatable bonds is 6. The number of carbonyl (C=O) groups excluding carboxylic acids is 1. The highest BCUT2D eigenvalue weighted by Gasteiger charge is 2.18. The lowest BCUT2D eigenvalue weighted by atomic mass is 10.2. The molecule has 0 aliphatic heterocycles. The SMILES string of the molecule is C=C(C)COc1cc(C=O)ccc1OC1CCCC1. The van der Waals surface area contributed by atoms with Gasteiger partial charge in [0.05, 0.1) is 6.10 Å². The van der Waals surface area contributed by atoms with Crippen molar-refractivity contribution >= 4 is 6.29 Å². The minimum absolute atomic E-state index is 0.272. The van der Waals surface area contributed by atoms with Gasteiger partial charge in [-0.15, -0.1) is 0 Å². The van der Waals surface area contributed by atoms with Crippen molar-refractivity contribution in [2.24, 2.45) is 0 Å². The van der Waals surface area contributed by atoms with Crippen LogP contribution in [-0.2, 0) is 0 Å². The predicted octanol–water partition coefficient (Wildman–Crippen LogP) is 3.78. The highest BCUT2D eigenvalue weighted by molar-refractivity contribution is 5.76. The zero-order valence-corrected chi connectivity index (χ0v) is 11.4. The average molecular weight is 260 g/mol. The Morgan fingerprint density at radius 1 is 1.37 bits per heavy atom. The summed E-state index contributed by atoms with van der Waals surface area (Å²) in [7, 11) is 0. The maximum Gasteiger partial charge on any atom is 0.162 e. The molecular weight excluding hydrogens is 240 g/mol. The Balaban J connectivity index is 2.14. The second kappa shape index (κ2) is 6.41. The molecular formula is C16H20O3. The summed E-state index contributed by atoms with van der Waals surface area (Å²) >= 11 is 0. The fourth-order valence-corrected chi connectivity index (χ4v) is 2.19. The van der Waals surface area contributed by atoms with Crippen molar-refractivity contribution in [3.63, 3.8) is 0 Å². The normalized spacial score (nSPS) is 15.2. The fraction of sp³-hybridized carbons (Fsp3) is 0.438. The van der Waals surface area contributed by atoms with Gasteiger partial charge < -0.3 is 9.47 Å². The molecule has 0 N–H and O–H groups in total. The zero-order chi connectivity index (χ0) is 13.7. The van der Waals surface area contributed by atoms with E-state index in [9.17, 15) is 4.79 Å². The average Bonchev–Trinajstić information content (AvgIpc) is 2.90. The Morgan fingerprint density at radius 3 is 2.74 bits per heavy atom. The maximum absolute atomic E-state index is 10.8. The maximum atomic E-state index is 10.8. The highest BCUT2D eigenvalue weighted by atomic mass is 16.5. The molecule has 1 aromatic rings. The molecule has 2 rings (SSSR count). The lowest BCUT2D eigenvalue weighted by Crippen LogP contribution is -2.12. The van der Waals surface area contributed by atoms with Gasteiger partial charge in [-0.25, -0.2) is 0 Å². The summed E-state index contributed by atoms with van der Waals surface area (Å²) in [6, 6.07) is 5.29. The van der Waals surface area contributed by atoms with Gasteiger partial charge in [-0.3, -0.25) is 4.79 Å². The second-order valence-electron chi connectivity index (χ2n) is 5.09. The van der Waals surface area contributed by atoms with Gasteiger partial charge >= 0.3 is 0 Å². The Hall–Kier alpha value is -1.77. The van der Waals surface area contributed by atoms with Gasteiger partial charge in [0.15, 0.2) is 11.5 Å². The van der Waals surface area contributed by atoms with Gasteiger partial charge in [-0.2, -0.15) is 0 Å². The van der Waals surface area contributed by atoms with Crippen molar-refractivity contribution in [2.45, 2.75) is 38.7 Å². The first-order valence-corrected chi connectivity index (χ1v) is 6.72. The lowest BCUT2D eigenvalue weighted by Gasteiger charge is -2.17. The van der Waals surface area contributed by atoms with Crippen LogP contribution in [0.1, 0.15) is 43.0 Å². The van der Waals surface area contributed by atoms with E-state index in [1.165, 1.54) is 12.8 Å². The molecule has 0 radical (unpaired) electrons. The molecule has 1 saturated carbocycles. The summed E-state index contributed by atoms with van der Waals surface area (Å²) < 4.78 is 11.6. The molecule has 0 unspecified atom stereocenters. The summed E-state index contributed by atoms with van der Waals surface area (Å²) in [4.78, 5) is 10.8. The molecule has 0 bridgehead atoms. The smallest absolute Gasteiger partial charge is 0.162 e. The van der Waals surface area contributed by atoms with Crippen LogP contribution in [0.3, 0.4) is 0 Å². The molecule has 102 valence electrons. The number of benzene rings is 1. The molecule has 1 aliphatic rings. The van der Waals surface area contributed by atoms with Gasteiger partial charge in [0.1, 0.15) is 12.9 Å². The largest absolute Gasteiger partial charge is 0.487 e. The summed E-state index contributed by atoms with van der Waals surface area (Å²) in [6.07, 6.45) is 5.71. The predicted molar refractivity (Wildman–Crippen MR) is 75.0 cm³/mol. The van der Waals surface area contributed by atoms with E-state index in [-0.39, 0.29) is 6.10 Å². The molecule has 1 aromatic carbocycles. The number of hydrogen-bond donors (Lipinski definition) is 0. The molecule has 0 spiro atoms. The van der Waals surface area contributed by atoms with Crippen LogP contribution in [0.25, 0.3) is 0 Å². The van der Waals surface area contributed by atoms with Crippen molar-refractivity contribution in [3.05, 3.63) is 35.9 Å². The van der Waals surface area contributed by atoms with E-state index in [1.807, 2.05) is 13.0 Å². The molecule has 0 amide bonds. The molecule has 0 atom stereocenters. The van der Waals surface area contributed by atoms with Crippen LogP contribution in [0.4, 0.5) is 0 Å². The van der Waals surface area contributed by atoms with Gasteiger partial charge in [0, 0.05) is 5.56 Å². The molecule has 1 aliphatic carbocycles. The minimum Gasteiger partial charge on any atom is -0.487 e. The third-order valence-electron chi connectivity index (χ3n) is 3.17. The van der Waals surface area contributed by atoms with Crippen molar-refractivity contribution in [1.82, 2.24) is 0 Å². The van der Waals surface area contributed by atoms with E-state index in [1.54, 1.807) is 12.1 Å². The quantitative estimate of drug-likeness (QED) is 0.577. The van der Waals surface area contributed by atoms with E-state index >= 15 is 0 Å². The number of ether oxygens (including phenoxy) is 2. The molecule has 0 saturated heterocycles. The molecule has 1 fully saturated rings. The lowest BCUT2D eigenvalue weighted by molar-refractivity contribution is 0.112. The van der Waals surface area contributed by atoms with Crippen LogP contribution in [0.2, 0.25) is 0 Å². The first kappa shape index (κ1) is 13.7. The third-order valence-corrected chi connectivity index (χ3v) is 3.17. The number of carbonyl (C=O) groups is 1. The summed E-state index contributed by atoms with van der Waals surface area (Å²) in [6.45, 7) is 6.15. The number of aldehydes is 1. The standard InChI is InChI=1S/C16H20O3/c1-12(2)11-18-16-9-13(10-17)7-8-15(16)19-14-5-3-4-6-14/h7-10,14H,1,3-6,11H2,2H3. The van der Waals surface area contributed by atoms with E-state index in [0.29, 0.717) is 17.9 Å². The Bertz CT molecular complexity index is 459. The second-order valence-corrected chi connectivity index (χ2v) is 5.09. The summed E-state index contributed by atoms with van der Waals surface area (Å²) in [5.74, 6) is 1.35. The Morgan fingerprint density at radius 2 is 2.11 bits per heavy atom. The van der Waals surface area contributed by atoms with Crippen LogP contribution in [0, 0.1) is 0 Å². The minimum atomic E-state index is 0.272. The molecule has 3 nitrogen and oxygen atoms in total. The van der Waals surface area contributed by atoms with Crippen LogP contribution in [0.15, 0.2) is 30.4 Å². The topological polar surface area (TPSA) is 35.5 Å². The van der Waals surface area contributed by atoms with Crippen molar-refractivity contribution in [2.75, 3.05) is 6.61 Å². The van der Waals surface area contributed by atoms with Crippen molar-refractivity contribution in [1.29, 1.82) is 0 Å². The van der Waals surface area contributed by atoms with Crippen molar-refractivity contribution < 1.29 is 14.3 Å². The highest BCUT2D eigenvalue weighted by Crippen LogP contribution is 2.32. The van der Waals surface area contributed by atoms with Gasteiger partial charge in [0.2, 0.25) is 0 Å². The monoisotopic (exact) mass is 260 g/mol. The van der Waals surface area contributed by atoms with Gasteiger partial charge in [0.25, 0.3) is 0 Å². The van der Waals surface area contributed by atoms with E-state index in [0.717, 1.165) is 30.5 Å². The summed E-state index contributed by atoms with van der Waals surface area (Å²) in [5.41, 5.74) is 1.53. The first-order valence-electron chi connectivity index (χ1n) is 6.72. The zero-order valence-electron chi connectivity index (χ0n) is 11.4. The van der Waals surface area contributed by atoms with Gasteiger partial charge in [-0.1, -0.05) is 6.58 Å². The van der Waals surface area contributed by atoms with Crippen molar-refractivity contribution in [3.8, 4) is 11.5 Å². The molecule has 0 aromatic heterocycles. The van der Waals surface area contributed by atoms with Crippen LogP contribution in [-0.4, -0.2) is 19.0 Å². The molecule has 19 heavy (non-hydrogen) atoms. The molecule has 0 heterocycles. The molecule has 3 heteroatoms. The summed E-state index contributed by atoms with van der Waals surface area (Å²) in [5, 5.41) is 0. The van der Waals surface area contributed by atoms with E-state index in [4.69, 9.17) is 9.47 Å². The number of hydrogen-bond acceptors (Lipinski definition) is 3. The van der Waals surface area contributed by atoms with Crippen LogP contribution in [0.5, 0.6) is 11.5 Å². The third kappa shape index (κ3) is 3.85. The van der Waals surface area contributed by atoms with Gasteiger partial charge in [-0.05, 0) is 56.4 Å². The van der Waals surface area contributed by atoms with E-state index < -0.39 is 0 Å². The van der Waals surface area contributed by atoms with Crippen LogP contribution < -0.4 is 9.47 Å². The van der Waals surface area contributed by atoms with E-state index in [2.05, 4.69) is 6.58 Å².